The fourth-order valence-electron chi connectivity index (χ4n) is 0.818. The molecular weight excluding hydrogens is 226 g/mol. The van der Waals surface area contributed by atoms with Crippen LogP contribution in [0.3, 0.4) is 0 Å². The molecule has 0 aliphatic rings. The van der Waals surface area contributed by atoms with E-state index in [4.69, 9.17) is 11.6 Å². The number of hydrogen-bond acceptors (Lipinski definition) is 5. The Bertz CT molecular complexity index is 237. The summed E-state index contributed by atoms with van der Waals surface area (Å²) in [6.45, 7) is 0. The minimum atomic E-state index is -1.06. The van der Waals surface area contributed by atoms with Crippen LogP contribution in [0.25, 0.3) is 0 Å². The number of carbonyl (C=O) groups excluding carboxylic acids is 3. The van der Waals surface area contributed by atoms with Gasteiger partial charge in [-0.15, -0.1) is 11.6 Å². The van der Waals surface area contributed by atoms with Crippen molar-refractivity contribution in [1.82, 2.24) is 5.32 Å². The fourth-order valence-corrected chi connectivity index (χ4v) is 0.896. The van der Waals surface area contributed by atoms with Gasteiger partial charge >= 0.3 is 11.9 Å². The standard InChI is InChI=1S/C8H12ClNO5/c1-14-7(12)3-5(8(13)15-2)10-6(11)4-9/h5H,3-4H2,1-2H3,(H,10,11)/t5-/m0/s1. The third-order valence-corrected chi connectivity index (χ3v) is 1.78. The minimum absolute atomic E-state index is 0.286. The Morgan fingerprint density at radius 3 is 2.27 bits per heavy atom. The number of nitrogens with one attached hydrogen (secondary N) is 1. The summed E-state index contributed by atoms with van der Waals surface area (Å²) in [5.41, 5.74) is 0. The van der Waals surface area contributed by atoms with Gasteiger partial charge in [-0.2, -0.15) is 0 Å². The maximum Gasteiger partial charge on any atom is 0.328 e. The molecule has 0 saturated carbocycles. The van der Waals surface area contributed by atoms with Gasteiger partial charge in [0.1, 0.15) is 11.9 Å². The molecule has 1 atom stereocenters. The maximum absolute atomic E-state index is 11.1. The Morgan fingerprint density at radius 2 is 1.87 bits per heavy atom. The number of ether oxygens (including phenoxy) is 2. The van der Waals surface area contributed by atoms with E-state index in [1.54, 1.807) is 0 Å². The molecule has 86 valence electrons. The topological polar surface area (TPSA) is 81.7 Å². The molecule has 15 heavy (non-hydrogen) atoms. The van der Waals surface area contributed by atoms with Crippen LogP contribution in [0.5, 0.6) is 0 Å². The van der Waals surface area contributed by atoms with Crippen LogP contribution in [0.1, 0.15) is 6.42 Å². The maximum atomic E-state index is 11.1. The van der Waals surface area contributed by atoms with Gasteiger partial charge in [0.05, 0.1) is 20.6 Å². The zero-order chi connectivity index (χ0) is 11.8. The van der Waals surface area contributed by atoms with E-state index < -0.39 is 23.9 Å². The van der Waals surface area contributed by atoms with Crippen LogP contribution in [0.2, 0.25) is 0 Å². The molecule has 1 amide bonds. The molecule has 0 heterocycles. The highest BCUT2D eigenvalue weighted by Gasteiger charge is 2.24. The lowest BCUT2D eigenvalue weighted by Gasteiger charge is -2.14. The van der Waals surface area contributed by atoms with Crippen LogP contribution < -0.4 is 5.32 Å². The molecule has 0 spiro atoms. The van der Waals surface area contributed by atoms with Crippen molar-refractivity contribution in [2.45, 2.75) is 12.5 Å². The Balaban J connectivity index is 4.37. The van der Waals surface area contributed by atoms with Crippen LogP contribution >= 0.6 is 11.6 Å². The number of carbonyl (C=O) groups is 3. The van der Waals surface area contributed by atoms with Crippen LogP contribution in [-0.2, 0) is 23.9 Å². The van der Waals surface area contributed by atoms with Crippen molar-refractivity contribution in [2.75, 3.05) is 20.1 Å². The first-order valence-electron chi connectivity index (χ1n) is 4.05. The highest BCUT2D eigenvalue weighted by Crippen LogP contribution is 1.97. The van der Waals surface area contributed by atoms with E-state index in [2.05, 4.69) is 14.8 Å². The average Bonchev–Trinajstić information content (AvgIpc) is 2.26. The Hall–Kier alpha value is -1.30. The lowest BCUT2D eigenvalue weighted by Crippen LogP contribution is -2.43. The summed E-state index contributed by atoms with van der Waals surface area (Å²) in [5.74, 6) is -2.20. The second-order valence-corrected chi connectivity index (χ2v) is 2.82. The Kier molecular flexibility index (Phi) is 6.44. The van der Waals surface area contributed by atoms with Crippen molar-refractivity contribution in [2.24, 2.45) is 0 Å². The van der Waals surface area contributed by atoms with E-state index in [1.807, 2.05) is 0 Å². The average molecular weight is 238 g/mol. The molecule has 0 aromatic heterocycles. The number of amides is 1. The van der Waals surface area contributed by atoms with Gasteiger partial charge in [-0.05, 0) is 0 Å². The second kappa shape index (κ2) is 7.05. The molecule has 0 unspecified atom stereocenters. The van der Waals surface area contributed by atoms with Gasteiger partial charge in [0.15, 0.2) is 0 Å². The summed E-state index contributed by atoms with van der Waals surface area (Å²) >= 11 is 5.23. The van der Waals surface area contributed by atoms with E-state index in [0.29, 0.717) is 0 Å². The van der Waals surface area contributed by atoms with E-state index in [-0.39, 0.29) is 12.3 Å². The van der Waals surface area contributed by atoms with Gasteiger partial charge in [-0.25, -0.2) is 4.79 Å². The zero-order valence-corrected chi connectivity index (χ0v) is 9.17. The predicted octanol–water partition coefficient (Wildman–Crippen LogP) is -0.554. The monoisotopic (exact) mass is 237 g/mol. The SMILES string of the molecule is COC(=O)C[C@H](NC(=O)CCl)C(=O)OC. The number of methoxy groups -OCH3 is 2. The van der Waals surface area contributed by atoms with Crippen LogP contribution in [0.15, 0.2) is 0 Å². The normalized spacial score (nSPS) is 11.4. The van der Waals surface area contributed by atoms with Crippen molar-refractivity contribution in [3.63, 3.8) is 0 Å². The molecule has 0 aliphatic heterocycles. The first-order chi connectivity index (χ1) is 7.04. The highest BCUT2D eigenvalue weighted by molar-refractivity contribution is 6.27. The first-order valence-corrected chi connectivity index (χ1v) is 4.58. The lowest BCUT2D eigenvalue weighted by molar-refractivity contribution is -0.150. The molecule has 0 bridgehead atoms. The van der Waals surface area contributed by atoms with Crippen molar-refractivity contribution in [3.8, 4) is 0 Å². The smallest absolute Gasteiger partial charge is 0.328 e. The summed E-state index contributed by atoms with van der Waals surface area (Å²) in [5, 5.41) is 2.24. The molecule has 0 saturated heterocycles. The number of esters is 2. The van der Waals surface area contributed by atoms with Crippen molar-refractivity contribution >= 4 is 29.4 Å². The highest BCUT2D eigenvalue weighted by atomic mass is 35.5. The zero-order valence-electron chi connectivity index (χ0n) is 8.41. The van der Waals surface area contributed by atoms with Crippen LogP contribution in [-0.4, -0.2) is 44.0 Å². The second-order valence-electron chi connectivity index (χ2n) is 2.56. The van der Waals surface area contributed by atoms with Crippen molar-refractivity contribution in [3.05, 3.63) is 0 Å². The van der Waals surface area contributed by atoms with Gasteiger partial charge in [0.2, 0.25) is 5.91 Å². The summed E-state index contributed by atoms with van der Waals surface area (Å²) in [6, 6.07) is -1.06. The molecule has 6 nitrogen and oxygen atoms in total. The predicted molar refractivity (Wildman–Crippen MR) is 51.3 cm³/mol. The van der Waals surface area contributed by atoms with E-state index in [0.717, 1.165) is 7.11 Å². The van der Waals surface area contributed by atoms with Gasteiger partial charge in [0, 0.05) is 0 Å². The third-order valence-electron chi connectivity index (χ3n) is 1.54. The molecule has 0 radical (unpaired) electrons. The molecule has 0 fully saturated rings. The van der Waals surface area contributed by atoms with E-state index in [1.165, 1.54) is 7.11 Å². The molecule has 0 rings (SSSR count). The van der Waals surface area contributed by atoms with Crippen molar-refractivity contribution in [1.29, 1.82) is 0 Å². The molecule has 1 N–H and O–H groups in total. The number of rotatable bonds is 5. The molecular formula is C8H12ClNO5. The van der Waals surface area contributed by atoms with Gasteiger partial charge in [-0.1, -0.05) is 0 Å². The lowest BCUT2D eigenvalue weighted by atomic mass is 10.2. The third kappa shape index (κ3) is 5.21. The van der Waals surface area contributed by atoms with Crippen molar-refractivity contribution < 1.29 is 23.9 Å². The van der Waals surface area contributed by atoms with Crippen LogP contribution in [0.4, 0.5) is 0 Å². The molecule has 0 aromatic carbocycles. The first kappa shape index (κ1) is 13.7. The quantitative estimate of drug-likeness (QED) is 0.512. The van der Waals surface area contributed by atoms with Gasteiger partial charge in [0.25, 0.3) is 0 Å². The molecule has 0 aromatic rings. The Labute approximate surface area is 91.9 Å². The minimum Gasteiger partial charge on any atom is -0.469 e. The molecule has 0 aliphatic carbocycles. The number of alkyl halides is 1. The summed E-state index contributed by atoms with van der Waals surface area (Å²) < 4.78 is 8.76. The number of hydrogen-bond donors (Lipinski definition) is 1. The van der Waals surface area contributed by atoms with E-state index in [9.17, 15) is 14.4 Å². The summed E-state index contributed by atoms with van der Waals surface area (Å²) in [6.07, 6.45) is -0.286. The largest absolute Gasteiger partial charge is 0.469 e. The van der Waals surface area contributed by atoms with Gasteiger partial charge < -0.3 is 14.8 Å². The summed E-state index contributed by atoms with van der Waals surface area (Å²) in [4.78, 5) is 32.9. The molecule has 7 heteroatoms. The summed E-state index contributed by atoms with van der Waals surface area (Å²) in [7, 11) is 2.33. The number of halogens is 1. The van der Waals surface area contributed by atoms with Gasteiger partial charge in [-0.3, -0.25) is 9.59 Å². The van der Waals surface area contributed by atoms with Crippen LogP contribution in [0, 0.1) is 0 Å². The Morgan fingerprint density at radius 1 is 1.27 bits per heavy atom. The fraction of sp³-hybridized carbons (Fsp3) is 0.625. The van der Waals surface area contributed by atoms with E-state index >= 15 is 0 Å².